The first-order valence-corrected chi connectivity index (χ1v) is 7.33. The van der Waals surface area contributed by atoms with Gasteiger partial charge in [-0.15, -0.1) is 0 Å². The van der Waals surface area contributed by atoms with Gasteiger partial charge in [-0.25, -0.2) is 0 Å². The number of halogens is 1. The summed E-state index contributed by atoms with van der Waals surface area (Å²) in [6, 6.07) is 10.6. The molecule has 2 aromatic rings. The van der Waals surface area contributed by atoms with Gasteiger partial charge in [-0.3, -0.25) is 0 Å². The van der Waals surface area contributed by atoms with E-state index in [4.69, 9.17) is 16.3 Å². The molecular weight excluding hydrogens is 268 g/mol. The molecule has 2 rings (SSSR count). The molecule has 20 heavy (non-hydrogen) atoms. The van der Waals surface area contributed by atoms with Crippen LogP contribution in [0.5, 0.6) is 5.75 Å². The van der Waals surface area contributed by atoms with Crippen molar-refractivity contribution < 1.29 is 4.74 Å². The standard InChI is InChI=1S/C18H21ClO/c1-5-14-8-15(11-17(10-14)20-4)9-16-6-12(2)13(3)7-18(16)19/h6-8,10-11H,5,9H2,1-4H3. The van der Waals surface area contributed by atoms with E-state index in [0.717, 1.165) is 23.6 Å². The molecule has 0 aliphatic rings. The van der Waals surface area contributed by atoms with Crippen LogP contribution >= 0.6 is 11.6 Å². The fourth-order valence-electron chi connectivity index (χ4n) is 2.35. The van der Waals surface area contributed by atoms with E-state index >= 15 is 0 Å². The zero-order valence-electron chi connectivity index (χ0n) is 12.6. The molecule has 0 aromatic heterocycles. The second-order valence-corrected chi connectivity index (χ2v) is 5.65. The van der Waals surface area contributed by atoms with Gasteiger partial charge in [0, 0.05) is 5.02 Å². The van der Waals surface area contributed by atoms with Crippen molar-refractivity contribution in [3.8, 4) is 5.75 Å². The van der Waals surface area contributed by atoms with Crippen LogP contribution in [0.4, 0.5) is 0 Å². The van der Waals surface area contributed by atoms with E-state index in [9.17, 15) is 0 Å². The minimum Gasteiger partial charge on any atom is -0.497 e. The highest BCUT2D eigenvalue weighted by Gasteiger charge is 2.07. The van der Waals surface area contributed by atoms with Gasteiger partial charge in [0.15, 0.2) is 0 Å². The summed E-state index contributed by atoms with van der Waals surface area (Å²) in [7, 11) is 1.71. The Kier molecular flexibility index (Phi) is 4.72. The summed E-state index contributed by atoms with van der Waals surface area (Å²) in [5, 5.41) is 0.842. The van der Waals surface area contributed by atoms with E-state index < -0.39 is 0 Å². The molecule has 0 N–H and O–H groups in total. The molecule has 2 aromatic carbocycles. The third-order valence-electron chi connectivity index (χ3n) is 3.73. The highest BCUT2D eigenvalue weighted by atomic mass is 35.5. The minimum absolute atomic E-state index is 0.837. The zero-order valence-corrected chi connectivity index (χ0v) is 13.3. The van der Waals surface area contributed by atoms with E-state index in [2.05, 4.69) is 45.0 Å². The monoisotopic (exact) mass is 288 g/mol. The van der Waals surface area contributed by atoms with Crippen molar-refractivity contribution in [2.45, 2.75) is 33.6 Å². The van der Waals surface area contributed by atoms with E-state index in [1.807, 2.05) is 6.07 Å². The van der Waals surface area contributed by atoms with E-state index in [1.54, 1.807) is 7.11 Å². The summed E-state index contributed by atoms with van der Waals surface area (Å²) in [4.78, 5) is 0. The van der Waals surface area contributed by atoms with Crippen molar-refractivity contribution in [1.29, 1.82) is 0 Å². The smallest absolute Gasteiger partial charge is 0.119 e. The predicted molar refractivity (Wildman–Crippen MR) is 86.1 cm³/mol. The second-order valence-electron chi connectivity index (χ2n) is 5.25. The Labute approximate surface area is 126 Å². The van der Waals surface area contributed by atoms with Crippen LogP contribution in [0.3, 0.4) is 0 Å². The summed E-state index contributed by atoms with van der Waals surface area (Å²) in [5.41, 5.74) is 6.22. The van der Waals surface area contributed by atoms with Crippen LogP contribution < -0.4 is 4.74 Å². The fourth-order valence-corrected chi connectivity index (χ4v) is 2.63. The van der Waals surface area contributed by atoms with Crippen molar-refractivity contribution in [2.75, 3.05) is 7.11 Å². The third kappa shape index (κ3) is 3.34. The Bertz CT molecular complexity index is 595. The van der Waals surface area contributed by atoms with Crippen molar-refractivity contribution in [1.82, 2.24) is 0 Å². The van der Waals surface area contributed by atoms with Crippen molar-refractivity contribution in [3.63, 3.8) is 0 Å². The fraction of sp³-hybridized carbons (Fsp3) is 0.333. The lowest BCUT2D eigenvalue weighted by Gasteiger charge is -2.11. The molecule has 0 aliphatic carbocycles. The van der Waals surface area contributed by atoms with Crippen molar-refractivity contribution >= 4 is 11.6 Å². The van der Waals surface area contributed by atoms with Gasteiger partial charge in [0.05, 0.1) is 7.11 Å². The summed E-state index contributed by atoms with van der Waals surface area (Å²) in [6.45, 7) is 6.37. The Balaban J connectivity index is 2.36. The maximum atomic E-state index is 6.37. The van der Waals surface area contributed by atoms with Crippen LogP contribution in [0.25, 0.3) is 0 Å². The molecule has 0 saturated carbocycles. The highest BCUT2D eigenvalue weighted by molar-refractivity contribution is 6.31. The van der Waals surface area contributed by atoms with E-state index in [0.29, 0.717) is 0 Å². The first kappa shape index (κ1) is 14.9. The molecule has 0 aliphatic heterocycles. The Hall–Kier alpha value is -1.47. The molecule has 0 saturated heterocycles. The number of rotatable bonds is 4. The lowest BCUT2D eigenvalue weighted by Crippen LogP contribution is -1.95. The van der Waals surface area contributed by atoms with Crippen LogP contribution in [0.1, 0.15) is 34.7 Å². The van der Waals surface area contributed by atoms with Crippen LogP contribution in [0.2, 0.25) is 5.02 Å². The Morgan fingerprint density at radius 2 is 1.60 bits per heavy atom. The molecule has 0 unspecified atom stereocenters. The zero-order chi connectivity index (χ0) is 14.7. The first-order valence-electron chi connectivity index (χ1n) is 6.96. The predicted octanol–water partition coefficient (Wildman–Crippen LogP) is 5.12. The number of benzene rings is 2. The van der Waals surface area contributed by atoms with Gasteiger partial charge in [-0.2, -0.15) is 0 Å². The maximum Gasteiger partial charge on any atom is 0.119 e. The molecule has 0 atom stereocenters. The molecule has 2 heteroatoms. The number of aryl methyl sites for hydroxylation is 3. The quantitative estimate of drug-likeness (QED) is 0.759. The Morgan fingerprint density at radius 1 is 0.950 bits per heavy atom. The van der Waals surface area contributed by atoms with Gasteiger partial charge in [0.25, 0.3) is 0 Å². The normalized spacial score (nSPS) is 10.7. The van der Waals surface area contributed by atoms with Gasteiger partial charge < -0.3 is 4.74 Å². The van der Waals surface area contributed by atoms with Gasteiger partial charge in [0.2, 0.25) is 0 Å². The maximum absolute atomic E-state index is 6.37. The number of hydrogen-bond donors (Lipinski definition) is 0. The molecule has 0 amide bonds. The molecule has 106 valence electrons. The van der Waals surface area contributed by atoms with Gasteiger partial charge in [-0.05, 0) is 72.7 Å². The first-order chi connectivity index (χ1) is 9.53. The van der Waals surface area contributed by atoms with Crippen molar-refractivity contribution in [3.05, 3.63) is 63.2 Å². The van der Waals surface area contributed by atoms with Crippen LogP contribution in [0.15, 0.2) is 30.3 Å². The second kappa shape index (κ2) is 6.32. The lowest BCUT2D eigenvalue weighted by molar-refractivity contribution is 0.414. The van der Waals surface area contributed by atoms with Crippen molar-refractivity contribution in [2.24, 2.45) is 0 Å². The van der Waals surface area contributed by atoms with E-state index in [-0.39, 0.29) is 0 Å². The number of methoxy groups -OCH3 is 1. The molecule has 1 nitrogen and oxygen atoms in total. The van der Waals surface area contributed by atoms with E-state index in [1.165, 1.54) is 27.8 Å². The Morgan fingerprint density at radius 3 is 2.25 bits per heavy atom. The van der Waals surface area contributed by atoms with Crippen LogP contribution in [-0.4, -0.2) is 7.11 Å². The molecule has 0 radical (unpaired) electrons. The summed E-state index contributed by atoms with van der Waals surface area (Å²) < 4.78 is 5.38. The SMILES string of the molecule is CCc1cc(Cc2cc(C)c(C)cc2Cl)cc(OC)c1. The summed E-state index contributed by atoms with van der Waals surface area (Å²) >= 11 is 6.37. The summed E-state index contributed by atoms with van der Waals surface area (Å²) in [5.74, 6) is 0.916. The topological polar surface area (TPSA) is 9.23 Å². The molecule has 0 fully saturated rings. The molecule has 0 heterocycles. The average Bonchev–Trinajstić information content (AvgIpc) is 2.44. The minimum atomic E-state index is 0.837. The van der Waals surface area contributed by atoms with Gasteiger partial charge in [-0.1, -0.05) is 30.7 Å². The number of ether oxygens (including phenoxy) is 1. The third-order valence-corrected chi connectivity index (χ3v) is 4.08. The molecule has 0 bridgehead atoms. The van der Waals surface area contributed by atoms with Crippen LogP contribution in [-0.2, 0) is 12.8 Å². The van der Waals surface area contributed by atoms with Gasteiger partial charge in [0.1, 0.15) is 5.75 Å². The molecule has 0 spiro atoms. The molecular formula is C18H21ClO. The highest BCUT2D eigenvalue weighted by Crippen LogP contribution is 2.26. The lowest BCUT2D eigenvalue weighted by atomic mass is 9.98. The van der Waals surface area contributed by atoms with Crippen LogP contribution in [0, 0.1) is 13.8 Å². The van der Waals surface area contributed by atoms with Gasteiger partial charge >= 0.3 is 0 Å². The average molecular weight is 289 g/mol. The number of hydrogen-bond acceptors (Lipinski definition) is 1. The summed E-state index contributed by atoms with van der Waals surface area (Å²) in [6.07, 6.45) is 1.84. The largest absolute Gasteiger partial charge is 0.497 e.